The Labute approximate surface area is 199 Å². The quantitative estimate of drug-likeness (QED) is 0.528. The number of likely N-dealkylation sites (tertiary alicyclic amines) is 1. The van der Waals surface area contributed by atoms with E-state index in [1.54, 1.807) is 26.2 Å². The summed E-state index contributed by atoms with van der Waals surface area (Å²) in [5.74, 6) is 0. The standard InChI is InChI=1S/C26H33F2N5O/c1-17-11-21-20-7-4-5-8-22(20)31-23(21)24(33(17)16-26(2,3)28)18-12-29-25(30-13-18)34-19-14-32(15-19)10-6-9-27/h4-5,7-8,12-13,17,19,24,31H,6,9-11,14-16H2,1-3H3/t17-,24-/m1/s1. The van der Waals surface area contributed by atoms with Crippen LogP contribution in [0.2, 0.25) is 0 Å². The molecule has 0 amide bonds. The minimum Gasteiger partial charge on any atom is -0.457 e. The van der Waals surface area contributed by atoms with Gasteiger partial charge in [-0.1, -0.05) is 18.2 Å². The van der Waals surface area contributed by atoms with E-state index in [9.17, 15) is 8.78 Å². The van der Waals surface area contributed by atoms with Gasteiger partial charge in [0.1, 0.15) is 11.8 Å². The summed E-state index contributed by atoms with van der Waals surface area (Å²) in [5.41, 5.74) is 3.04. The van der Waals surface area contributed by atoms with Crippen LogP contribution in [0.5, 0.6) is 6.01 Å². The topological polar surface area (TPSA) is 57.3 Å². The first kappa shape index (κ1) is 23.2. The molecule has 0 aliphatic carbocycles. The molecule has 4 heterocycles. The van der Waals surface area contributed by atoms with Crippen molar-refractivity contribution in [3.05, 3.63) is 53.5 Å². The number of fused-ring (bicyclic) bond motifs is 3. The van der Waals surface area contributed by atoms with Gasteiger partial charge in [0, 0.05) is 66.8 Å². The second-order valence-electron chi connectivity index (χ2n) is 10.3. The first-order chi connectivity index (χ1) is 16.3. The Bertz CT molecular complexity index is 1120. The summed E-state index contributed by atoms with van der Waals surface area (Å²) < 4.78 is 33.1. The van der Waals surface area contributed by atoms with E-state index < -0.39 is 5.67 Å². The lowest BCUT2D eigenvalue weighted by molar-refractivity contribution is 0.0125. The van der Waals surface area contributed by atoms with Crippen LogP contribution in [-0.2, 0) is 6.42 Å². The number of nitrogens with zero attached hydrogens (tertiary/aromatic N) is 4. The Balaban J connectivity index is 1.41. The summed E-state index contributed by atoms with van der Waals surface area (Å²) in [6.07, 6.45) is 5.05. The Morgan fingerprint density at radius 3 is 2.62 bits per heavy atom. The van der Waals surface area contributed by atoms with Crippen LogP contribution in [0.4, 0.5) is 8.78 Å². The second-order valence-corrected chi connectivity index (χ2v) is 10.3. The molecule has 2 atom stereocenters. The number of alkyl halides is 2. The second kappa shape index (κ2) is 9.23. The fraction of sp³-hybridized carbons (Fsp3) is 0.538. The molecular formula is C26H33F2N5O. The van der Waals surface area contributed by atoms with Gasteiger partial charge in [-0.2, -0.15) is 0 Å². The number of aromatic amines is 1. The molecule has 2 aromatic heterocycles. The van der Waals surface area contributed by atoms with Crippen molar-refractivity contribution in [2.45, 2.75) is 57.5 Å². The minimum atomic E-state index is -1.34. The molecule has 0 saturated carbocycles. The summed E-state index contributed by atoms with van der Waals surface area (Å²) in [6.45, 7) is 7.72. The first-order valence-corrected chi connectivity index (χ1v) is 12.1. The zero-order valence-electron chi connectivity index (χ0n) is 20.1. The molecule has 0 radical (unpaired) electrons. The van der Waals surface area contributed by atoms with Gasteiger partial charge in [-0.25, -0.2) is 14.4 Å². The molecule has 3 aromatic rings. The highest BCUT2D eigenvalue weighted by atomic mass is 19.1. The minimum absolute atomic E-state index is 0.0318. The molecule has 1 N–H and O–H groups in total. The van der Waals surface area contributed by atoms with Crippen molar-refractivity contribution in [3.63, 3.8) is 0 Å². The predicted molar refractivity (Wildman–Crippen MR) is 129 cm³/mol. The number of rotatable bonds is 8. The molecule has 0 bridgehead atoms. The van der Waals surface area contributed by atoms with Crippen molar-refractivity contribution in [2.24, 2.45) is 0 Å². The van der Waals surface area contributed by atoms with Crippen LogP contribution < -0.4 is 4.74 Å². The van der Waals surface area contributed by atoms with E-state index in [0.717, 1.165) is 42.8 Å². The number of para-hydroxylation sites is 1. The predicted octanol–water partition coefficient (Wildman–Crippen LogP) is 4.46. The van der Waals surface area contributed by atoms with Crippen molar-refractivity contribution in [1.29, 1.82) is 0 Å². The maximum atomic E-state index is 14.9. The molecule has 0 unspecified atom stereocenters. The summed E-state index contributed by atoms with van der Waals surface area (Å²) >= 11 is 0. The SMILES string of the molecule is C[C@@H]1Cc2c([nH]c3ccccc23)[C@@H](c2cnc(OC3CN(CCCF)C3)nc2)N1CC(C)(C)F. The molecule has 0 spiro atoms. The summed E-state index contributed by atoms with van der Waals surface area (Å²) in [6, 6.07) is 8.65. The Morgan fingerprint density at radius 1 is 1.18 bits per heavy atom. The molecule has 1 fully saturated rings. The van der Waals surface area contributed by atoms with Crippen LogP contribution >= 0.6 is 0 Å². The van der Waals surface area contributed by atoms with Gasteiger partial charge in [-0.15, -0.1) is 0 Å². The van der Waals surface area contributed by atoms with Crippen molar-refractivity contribution < 1.29 is 13.5 Å². The summed E-state index contributed by atoms with van der Waals surface area (Å²) in [5, 5.41) is 1.22. The zero-order chi connectivity index (χ0) is 23.9. The molecule has 8 heteroatoms. The lowest BCUT2D eigenvalue weighted by Gasteiger charge is -2.42. The van der Waals surface area contributed by atoms with Gasteiger partial charge in [-0.05, 0) is 45.2 Å². The molecule has 34 heavy (non-hydrogen) atoms. The number of nitrogens with one attached hydrogen (secondary N) is 1. The van der Waals surface area contributed by atoms with Crippen LogP contribution in [0, 0.1) is 0 Å². The third-order valence-corrected chi connectivity index (χ3v) is 6.84. The van der Waals surface area contributed by atoms with Crippen molar-refractivity contribution >= 4 is 10.9 Å². The highest BCUT2D eigenvalue weighted by Gasteiger charge is 2.39. The van der Waals surface area contributed by atoms with Gasteiger partial charge in [-0.3, -0.25) is 14.2 Å². The Hall–Kier alpha value is -2.58. The lowest BCUT2D eigenvalue weighted by atomic mass is 9.88. The maximum absolute atomic E-state index is 14.9. The normalized spacial score (nSPS) is 22.0. The van der Waals surface area contributed by atoms with E-state index in [2.05, 4.69) is 49.9 Å². The Kier molecular flexibility index (Phi) is 6.29. The average molecular weight is 470 g/mol. The molecule has 2 aliphatic heterocycles. The van der Waals surface area contributed by atoms with Crippen LogP contribution in [-0.4, -0.2) is 75.4 Å². The van der Waals surface area contributed by atoms with Crippen LogP contribution in [0.25, 0.3) is 10.9 Å². The van der Waals surface area contributed by atoms with E-state index in [1.807, 2.05) is 6.07 Å². The highest BCUT2D eigenvalue weighted by molar-refractivity contribution is 5.85. The molecule has 1 saturated heterocycles. The number of hydrogen-bond donors (Lipinski definition) is 1. The number of benzene rings is 1. The van der Waals surface area contributed by atoms with Crippen LogP contribution in [0.15, 0.2) is 36.7 Å². The van der Waals surface area contributed by atoms with Gasteiger partial charge in [0.05, 0.1) is 12.7 Å². The molecular weight excluding hydrogens is 436 g/mol. The third kappa shape index (κ3) is 4.66. The van der Waals surface area contributed by atoms with E-state index in [4.69, 9.17) is 4.74 Å². The van der Waals surface area contributed by atoms with E-state index in [1.165, 1.54) is 10.9 Å². The monoisotopic (exact) mass is 469 g/mol. The van der Waals surface area contributed by atoms with Crippen molar-refractivity contribution in [2.75, 3.05) is 32.9 Å². The third-order valence-electron chi connectivity index (χ3n) is 6.84. The smallest absolute Gasteiger partial charge is 0.316 e. The van der Waals surface area contributed by atoms with Crippen LogP contribution in [0.1, 0.15) is 50.1 Å². The zero-order valence-corrected chi connectivity index (χ0v) is 20.1. The van der Waals surface area contributed by atoms with E-state index >= 15 is 0 Å². The van der Waals surface area contributed by atoms with Crippen LogP contribution in [0.3, 0.4) is 0 Å². The molecule has 6 nitrogen and oxygen atoms in total. The molecule has 5 rings (SSSR count). The van der Waals surface area contributed by atoms with Gasteiger partial charge in [0.15, 0.2) is 0 Å². The van der Waals surface area contributed by atoms with Gasteiger partial charge in [0.25, 0.3) is 0 Å². The Morgan fingerprint density at radius 2 is 1.91 bits per heavy atom. The molecule has 2 aliphatic rings. The maximum Gasteiger partial charge on any atom is 0.316 e. The lowest BCUT2D eigenvalue weighted by Crippen LogP contribution is -2.54. The number of ether oxygens (including phenoxy) is 1. The average Bonchev–Trinajstić information content (AvgIpc) is 3.13. The number of H-pyrrole nitrogens is 1. The first-order valence-electron chi connectivity index (χ1n) is 12.1. The van der Waals surface area contributed by atoms with Gasteiger partial charge in [0.2, 0.25) is 0 Å². The fourth-order valence-corrected chi connectivity index (χ4v) is 5.29. The van der Waals surface area contributed by atoms with Gasteiger partial charge >= 0.3 is 6.01 Å². The number of hydrogen-bond acceptors (Lipinski definition) is 5. The van der Waals surface area contributed by atoms with Crippen molar-refractivity contribution in [1.82, 2.24) is 24.8 Å². The van der Waals surface area contributed by atoms with Crippen molar-refractivity contribution in [3.8, 4) is 6.01 Å². The largest absolute Gasteiger partial charge is 0.457 e. The number of halogens is 2. The van der Waals surface area contributed by atoms with E-state index in [0.29, 0.717) is 19.0 Å². The highest BCUT2D eigenvalue weighted by Crippen LogP contribution is 2.41. The molecule has 1 aromatic carbocycles. The van der Waals surface area contributed by atoms with Gasteiger partial charge < -0.3 is 9.72 Å². The summed E-state index contributed by atoms with van der Waals surface area (Å²) in [7, 11) is 0. The number of aromatic nitrogens is 3. The molecule has 182 valence electrons. The van der Waals surface area contributed by atoms with E-state index in [-0.39, 0.29) is 24.9 Å². The summed E-state index contributed by atoms with van der Waals surface area (Å²) in [4.78, 5) is 17.0. The fourth-order valence-electron chi connectivity index (χ4n) is 5.29.